The van der Waals surface area contributed by atoms with Gasteiger partial charge in [0.2, 0.25) is 0 Å². The molecule has 0 bridgehead atoms. The van der Waals surface area contributed by atoms with Crippen LogP contribution in [0.1, 0.15) is 37.5 Å². The van der Waals surface area contributed by atoms with Crippen LogP contribution in [-0.2, 0) is 23.9 Å². The Hall–Kier alpha value is -2.74. The van der Waals surface area contributed by atoms with Crippen molar-refractivity contribution in [2.45, 2.75) is 51.6 Å². The first-order valence-electron chi connectivity index (χ1n) is 10.7. The summed E-state index contributed by atoms with van der Waals surface area (Å²) in [5.41, 5.74) is 1.01. The predicted molar refractivity (Wildman–Crippen MR) is 114 cm³/mol. The molecule has 1 saturated heterocycles. The van der Waals surface area contributed by atoms with Gasteiger partial charge in [-0.25, -0.2) is 4.79 Å². The fourth-order valence-corrected chi connectivity index (χ4v) is 4.00. The molecule has 2 aromatic carbocycles. The summed E-state index contributed by atoms with van der Waals surface area (Å²) in [6, 6.07) is 10.8. The number of hydrogen-bond acceptors (Lipinski definition) is 4. The molecule has 1 amide bonds. The highest BCUT2D eigenvalue weighted by atomic mass is 19.4. The number of likely N-dealkylation sites (tertiary alicyclic amines) is 1. The van der Waals surface area contributed by atoms with Crippen molar-refractivity contribution in [3.05, 3.63) is 59.2 Å². The molecule has 0 unspecified atom stereocenters. The zero-order chi connectivity index (χ0) is 23.1. The second-order valence-corrected chi connectivity index (χ2v) is 9.28. The highest BCUT2D eigenvalue weighted by Gasteiger charge is 2.38. The SMILES string of the molecule is CC(C)(C)OC(=O)N1CC(N2CCc3c(cccc3Oc3ccc(C(F)(F)F)cc3)C2)C1. The van der Waals surface area contributed by atoms with Gasteiger partial charge in [0.25, 0.3) is 0 Å². The second-order valence-electron chi connectivity index (χ2n) is 9.28. The Labute approximate surface area is 185 Å². The average molecular weight is 448 g/mol. The van der Waals surface area contributed by atoms with Crippen LogP contribution < -0.4 is 4.74 Å². The second kappa shape index (κ2) is 8.31. The predicted octanol–water partition coefficient (Wildman–Crippen LogP) is 5.48. The van der Waals surface area contributed by atoms with E-state index < -0.39 is 17.3 Å². The lowest BCUT2D eigenvalue weighted by Gasteiger charge is -2.46. The van der Waals surface area contributed by atoms with E-state index in [0.29, 0.717) is 24.6 Å². The van der Waals surface area contributed by atoms with Gasteiger partial charge >= 0.3 is 12.3 Å². The standard InChI is InChI=1S/C24H27F3N2O3/c1-23(2,3)32-22(30)29-14-18(15-29)28-12-11-20-16(13-28)5-4-6-21(20)31-19-9-7-17(8-10-19)24(25,26)27/h4-10,18H,11-15H2,1-3H3. The third-order valence-electron chi connectivity index (χ3n) is 5.69. The largest absolute Gasteiger partial charge is 0.457 e. The molecule has 32 heavy (non-hydrogen) atoms. The molecular formula is C24H27F3N2O3. The van der Waals surface area contributed by atoms with Crippen LogP contribution in [0, 0.1) is 0 Å². The molecule has 0 atom stereocenters. The van der Waals surface area contributed by atoms with Crippen molar-refractivity contribution in [3.8, 4) is 11.5 Å². The van der Waals surface area contributed by atoms with Crippen molar-refractivity contribution >= 4 is 6.09 Å². The van der Waals surface area contributed by atoms with Gasteiger partial charge in [-0.3, -0.25) is 4.90 Å². The number of benzene rings is 2. The number of fused-ring (bicyclic) bond motifs is 1. The third-order valence-corrected chi connectivity index (χ3v) is 5.69. The van der Waals surface area contributed by atoms with Crippen molar-refractivity contribution < 1.29 is 27.4 Å². The monoisotopic (exact) mass is 448 g/mol. The number of hydrogen-bond donors (Lipinski definition) is 0. The quantitative estimate of drug-likeness (QED) is 0.624. The van der Waals surface area contributed by atoms with E-state index in [2.05, 4.69) is 4.90 Å². The molecule has 8 heteroatoms. The Balaban J connectivity index is 1.38. The Bertz CT molecular complexity index is 977. The Morgan fingerprint density at radius 1 is 1.03 bits per heavy atom. The third kappa shape index (κ3) is 5.01. The normalized spacial score (nSPS) is 17.5. The number of rotatable bonds is 3. The molecule has 172 valence electrons. The zero-order valence-corrected chi connectivity index (χ0v) is 18.4. The molecule has 4 rings (SSSR count). The molecule has 0 saturated carbocycles. The number of alkyl halides is 3. The van der Waals surface area contributed by atoms with Crippen molar-refractivity contribution in [3.63, 3.8) is 0 Å². The Kier molecular flexibility index (Phi) is 5.83. The lowest BCUT2D eigenvalue weighted by atomic mass is 9.95. The molecule has 0 N–H and O–H groups in total. The van der Waals surface area contributed by atoms with Crippen LogP contribution in [0.3, 0.4) is 0 Å². The summed E-state index contributed by atoms with van der Waals surface area (Å²) < 4.78 is 49.7. The smallest absolute Gasteiger partial charge is 0.416 e. The van der Waals surface area contributed by atoms with E-state index in [-0.39, 0.29) is 12.1 Å². The number of nitrogens with zero attached hydrogens (tertiary/aromatic N) is 2. The zero-order valence-electron chi connectivity index (χ0n) is 18.4. The van der Waals surface area contributed by atoms with Gasteiger partial charge in [0, 0.05) is 37.8 Å². The van der Waals surface area contributed by atoms with Crippen molar-refractivity contribution in [2.24, 2.45) is 0 Å². The Morgan fingerprint density at radius 3 is 2.34 bits per heavy atom. The summed E-state index contributed by atoms with van der Waals surface area (Å²) in [4.78, 5) is 16.2. The molecule has 0 aromatic heterocycles. The molecule has 2 aromatic rings. The van der Waals surface area contributed by atoms with Crippen molar-refractivity contribution in [1.82, 2.24) is 9.80 Å². The minimum atomic E-state index is -4.37. The summed E-state index contributed by atoms with van der Waals surface area (Å²) in [6.45, 7) is 8.42. The van der Waals surface area contributed by atoms with Crippen molar-refractivity contribution in [1.29, 1.82) is 0 Å². The highest BCUT2D eigenvalue weighted by Crippen LogP contribution is 2.35. The van der Waals surface area contributed by atoms with E-state index in [4.69, 9.17) is 9.47 Å². The van der Waals surface area contributed by atoms with Gasteiger partial charge in [-0.2, -0.15) is 13.2 Å². The first kappa shape index (κ1) is 22.5. The van der Waals surface area contributed by atoms with E-state index in [1.54, 1.807) is 4.90 Å². The van der Waals surface area contributed by atoms with Gasteiger partial charge in [0.15, 0.2) is 0 Å². The number of carbonyl (C=O) groups is 1. The van der Waals surface area contributed by atoms with E-state index in [1.165, 1.54) is 12.1 Å². The maximum atomic E-state index is 12.8. The topological polar surface area (TPSA) is 42.0 Å². The van der Waals surface area contributed by atoms with Gasteiger partial charge < -0.3 is 14.4 Å². The van der Waals surface area contributed by atoms with Gasteiger partial charge in [0.05, 0.1) is 5.56 Å². The number of carbonyl (C=O) groups excluding carboxylic acids is 1. The van der Waals surface area contributed by atoms with Crippen LogP contribution in [0.25, 0.3) is 0 Å². The summed E-state index contributed by atoms with van der Waals surface area (Å²) >= 11 is 0. The van der Waals surface area contributed by atoms with Gasteiger partial charge in [-0.05, 0) is 63.1 Å². The molecule has 1 fully saturated rings. The molecule has 0 spiro atoms. The lowest BCUT2D eigenvalue weighted by molar-refractivity contribution is -0.137. The minimum absolute atomic E-state index is 0.279. The number of ether oxygens (including phenoxy) is 2. The summed E-state index contributed by atoms with van der Waals surface area (Å²) in [7, 11) is 0. The van der Waals surface area contributed by atoms with E-state index in [0.717, 1.165) is 42.8 Å². The molecule has 2 aliphatic rings. The maximum Gasteiger partial charge on any atom is 0.416 e. The molecule has 2 heterocycles. The van der Waals surface area contributed by atoms with Crippen LogP contribution in [0.4, 0.5) is 18.0 Å². The van der Waals surface area contributed by atoms with E-state index >= 15 is 0 Å². The molecule has 5 nitrogen and oxygen atoms in total. The fraction of sp³-hybridized carbons (Fsp3) is 0.458. The van der Waals surface area contributed by atoms with Gasteiger partial charge in [-0.15, -0.1) is 0 Å². The van der Waals surface area contributed by atoms with Crippen LogP contribution in [-0.4, -0.2) is 47.2 Å². The molecule has 0 aliphatic carbocycles. The van der Waals surface area contributed by atoms with Gasteiger partial charge in [-0.1, -0.05) is 12.1 Å². The van der Waals surface area contributed by atoms with E-state index in [1.807, 2.05) is 39.0 Å². The molecule has 2 aliphatic heterocycles. The van der Waals surface area contributed by atoms with E-state index in [9.17, 15) is 18.0 Å². The summed E-state index contributed by atoms with van der Waals surface area (Å²) in [5, 5.41) is 0. The first-order chi connectivity index (χ1) is 15.0. The average Bonchev–Trinajstić information content (AvgIpc) is 2.65. The summed E-state index contributed by atoms with van der Waals surface area (Å²) in [5.74, 6) is 1.05. The fourth-order valence-electron chi connectivity index (χ4n) is 4.00. The van der Waals surface area contributed by atoms with Crippen LogP contribution in [0.5, 0.6) is 11.5 Å². The minimum Gasteiger partial charge on any atom is -0.457 e. The highest BCUT2D eigenvalue weighted by molar-refractivity contribution is 5.69. The van der Waals surface area contributed by atoms with Crippen LogP contribution >= 0.6 is 0 Å². The molecule has 0 radical (unpaired) electrons. The van der Waals surface area contributed by atoms with Crippen LogP contribution in [0.2, 0.25) is 0 Å². The first-order valence-corrected chi connectivity index (χ1v) is 10.7. The molecular weight excluding hydrogens is 421 g/mol. The maximum absolute atomic E-state index is 12.8. The summed E-state index contributed by atoms with van der Waals surface area (Å²) in [6.07, 6.45) is -3.87. The number of amides is 1. The lowest BCUT2D eigenvalue weighted by Crippen LogP contribution is -2.62. The number of halogens is 3. The Morgan fingerprint density at radius 2 is 1.72 bits per heavy atom. The van der Waals surface area contributed by atoms with Gasteiger partial charge in [0.1, 0.15) is 17.1 Å². The van der Waals surface area contributed by atoms with Crippen molar-refractivity contribution in [2.75, 3.05) is 19.6 Å². The van der Waals surface area contributed by atoms with Crippen LogP contribution in [0.15, 0.2) is 42.5 Å².